The first kappa shape index (κ1) is 18.0. The zero-order valence-corrected chi connectivity index (χ0v) is 16.0. The Balaban J connectivity index is 1.62. The molecule has 144 valence electrons. The zero-order chi connectivity index (χ0) is 19.7. The fourth-order valence-corrected chi connectivity index (χ4v) is 3.33. The first-order valence-electron chi connectivity index (χ1n) is 8.98. The van der Waals surface area contributed by atoms with E-state index < -0.39 is 0 Å². The van der Waals surface area contributed by atoms with Gasteiger partial charge in [0.05, 0.1) is 14.2 Å². The molecular weight excluding hydrogens is 358 g/mol. The molecule has 0 spiro atoms. The second kappa shape index (κ2) is 7.30. The van der Waals surface area contributed by atoms with Crippen LogP contribution in [0.3, 0.4) is 0 Å². The maximum atomic E-state index is 13.1. The van der Waals surface area contributed by atoms with Crippen LogP contribution in [0.2, 0.25) is 0 Å². The van der Waals surface area contributed by atoms with E-state index in [0.717, 1.165) is 11.3 Å². The summed E-state index contributed by atoms with van der Waals surface area (Å²) in [4.78, 5) is 19.2. The number of nitrogens with zero attached hydrogens (tertiary/aromatic N) is 5. The van der Waals surface area contributed by atoms with Crippen molar-refractivity contribution in [2.24, 2.45) is 0 Å². The van der Waals surface area contributed by atoms with Gasteiger partial charge in [-0.2, -0.15) is 0 Å². The fraction of sp³-hybridized carbons (Fsp3) is 0.300. The number of amides is 1. The van der Waals surface area contributed by atoms with Crippen LogP contribution in [0.4, 0.5) is 0 Å². The molecule has 8 nitrogen and oxygen atoms in total. The Kier molecular flexibility index (Phi) is 4.68. The summed E-state index contributed by atoms with van der Waals surface area (Å²) >= 11 is 0. The highest BCUT2D eigenvalue weighted by atomic mass is 16.5. The van der Waals surface area contributed by atoms with Gasteiger partial charge in [-0.15, -0.1) is 10.2 Å². The molecule has 1 atom stereocenters. The predicted molar refractivity (Wildman–Crippen MR) is 102 cm³/mol. The van der Waals surface area contributed by atoms with Crippen molar-refractivity contribution in [3.8, 4) is 23.0 Å². The molecule has 0 fully saturated rings. The Morgan fingerprint density at radius 1 is 1.04 bits per heavy atom. The van der Waals surface area contributed by atoms with Crippen LogP contribution in [0, 0.1) is 0 Å². The third-order valence-corrected chi connectivity index (χ3v) is 4.89. The van der Waals surface area contributed by atoms with Gasteiger partial charge in [-0.1, -0.05) is 12.1 Å². The third-order valence-electron chi connectivity index (χ3n) is 4.89. The molecule has 1 aliphatic rings. The number of methoxy groups -OCH3 is 2. The lowest BCUT2D eigenvalue weighted by atomic mass is 10.1. The molecule has 0 saturated carbocycles. The Bertz CT molecular complexity index is 999. The lowest BCUT2D eigenvalue weighted by molar-refractivity contribution is 0.0588. The standard InChI is InChI=1S/C20H21N5O3/c1-13-11-25-18(17-10-16(28-3)8-9-21-17)22-23-19(25)20(26)24(13)12-14-4-6-15(27-2)7-5-14/h4-10,13H,11-12H2,1-3H3/t13-/m0/s1. The van der Waals surface area contributed by atoms with Crippen LogP contribution in [0.15, 0.2) is 42.6 Å². The lowest BCUT2D eigenvalue weighted by Crippen LogP contribution is -2.46. The molecule has 0 radical (unpaired) electrons. The van der Waals surface area contributed by atoms with Gasteiger partial charge in [0.25, 0.3) is 5.91 Å². The van der Waals surface area contributed by atoms with Crippen molar-refractivity contribution >= 4 is 5.91 Å². The molecule has 0 bridgehead atoms. The summed E-state index contributed by atoms with van der Waals surface area (Å²) < 4.78 is 12.3. The van der Waals surface area contributed by atoms with Crippen LogP contribution in [0.5, 0.6) is 11.5 Å². The highest BCUT2D eigenvalue weighted by molar-refractivity contribution is 5.92. The van der Waals surface area contributed by atoms with E-state index in [4.69, 9.17) is 9.47 Å². The summed E-state index contributed by atoms with van der Waals surface area (Å²) in [5.74, 6) is 2.22. The summed E-state index contributed by atoms with van der Waals surface area (Å²) in [5.41, 5.74) is 1.66. The first-order chi connectivity index (χ1) is 13.6. The van der Waals surface area contributed by atoms with E-state index >= 15 is 0 Å². The number of ether oxygens (including phenoxy) is 2. The van der Waals surface area contributed by atoms with Crippen LogP contribution in [-0.4, -0.2) is 50.8 Å². The molecule has 1 aliphatic heterocycles. The summed E-state index contributed by atoms with van der Waals surface area (Å²) in [7, 11) is 3.23. The zero-order valence-electron chi connectivity index (χ0n) is 16.0. The topological polar surface area (TPSA) is 82.4 Å². The largest absolute Gasteiger partial charge is 0.497 e. The smallest absolute Gasteiger partial charge is 0.292 e. The normalized spacial score (nSPS) is 16.0. The van der Waals surface area contributed by atoms with Crippen LogP contribution in [-0.2, 0) is 13.1 Å². The van der Waals surface area contributed by atoms with Crippen molar-refractivity contribution in [2.45, 2.75) is 26.1 Å². The molecule has 0 aliphatic carbocycles. The maximum absolute atomic E-state index is 13.1. The number of carbonyl (C=O) groups is 1. The van der Waals surface area contributed by atoms with Crippen molar-refractivity contribution in [2.75, 3.05) is 14.2 Å². The summed E-state index contributed by atoms with van der Waals surface area (Å²) in [6.07, 6.45) is 1.65. The number of carbonyl (C=O) groups excluding carboxylic acids is 1. The maximum Gasteiger partial charge on any atom is 0.292 e. The molecule has 4 rings (SSSR count). The number of rotatable bonds is 5. The van der Waals surface area contributed by atoms with Crippen LogP contribution >= 0.6 is 0 Å². The van der Waals surface area contributed by atoms with E-state index in [1.54, 1.807) is 32.5 Å². The van der Waals surface area contributed by atoms with Gasteiger partial charge in [0.1, 0.15) is 17.2 Å². The summed E-state index contributed by atoms with van der Waals surface area (Å²) in [6, 6.07) is 11.3. The molecule has 8 heteroatoms. The van der Waals surface area contributed by atoms with Gasteiger partial charge in [-0.05, 0) is 30.7 Å². The van der Waals surface area contributed by atoms with Crippen molar-refractivity contribution in [3.63, 3.8) is 0 Å². The fourth-order valence-electron chi connectivity index (χ4n) is 3.33. The first-order valence-corrected chi connectivity index (χ1v) is 8.98. The predicted octanol–water partition coefficient (Wildman–Crippen LogP) is 2.40. The van der Waals surface area contributed by atoms with Gasteiger partial charge in [-0.3, -0.25) is 14.3 Å². The average molecular weight is 379 g/mol. The number of hydrogen-bond donors (Lipinski definition) is 0. The van der Waals surface area contributed by atoms with Gasteiger partial charge >= 0.3 is 0 Å². The number of aromatic nitrogens is 4. The summed E-state index contributed by atoms with van der Waals surface area (Å²) in [5, 5.41) is 8.37. The number of fused-ring (bicyclic) bond motifs is 1. The van der Waals surface area contributed by atoms with E-state index in [1.165, 1.54) is 0 Å². The monoisotopic (exact) mass is 379 g/mol. The molecule has 2 aromatic heterocycles. The minimum atomic E-state index is -0.142. The van der Waals surface area contributed by atoms with E-state index in [0.29, 0.717) is 36.2 Å². The Hall–Kier alpha value is -3.42. The van der Waals surface area contributed by atoms with Gasteiger partial charge in [0, 0.05) is 31.4 Å². The van der Waals surface area contributed by atoms with Crippen molar-refractivity contribution in [1.29, 1.82) is 0 Å². The molecule has 3 heterocycles. The Morgan fingerprint density at radius 3 is 2.46 bits per heavy atom. The van der Waals surface area contributed by atoms with E-state index in [-0.39, 0.29) is 11.9 Å². The number of pyridine rings is 1. The van der Waals surface area contributed by atoms with Crippen LogP contribution < -0.4 is 9.47 Å². The van der Waals surface area contributed by atoms with E-state index in [2.05, 4.69) is 15.2 Å². The minimum Gasteiger partial charge on any atom is -0.497 e. The highest BCUT2D eigenvalue weighted by Crippen LogP contribution is 2.26. The van der Waals surface area contributed by atoms with Crippen molar-refractivity contribution < 1.29 is 14.3 Å². The molecule has 28 heavy (non-hydrogen) atoms. The molecule has 0 saturated heterocycles. The van der Waals surface area contributed by atoms with Crippen LogP contribution in [0.1, 0.15) is 23.1 Å². The second-order valence-electron chi connectivity index (χ2n) is 6.67. The lowest BCUT2D eigenvalue weighted by Gasteiger charge is -2.33. The van der Waals surface area contributed by atoms with Crippen molar-refractivity contribution in [3.05, 3.63) is 54.0 Å². The van der Waals surface area contributed by atoms with Crippen LogP contribution in [0.25, 0.3) is 11.5 Å². The SMILES string of the molecule is COc1ccc(CN2C(=O)c3nnc(-c4cc(OC)ccn4)n3C[C@@H]2C)cc1. The molecular formula is C20H21N5O3. The summed E-state index contributed by atoms with van der Waals surface area (Å²) in [6.45, 7) is 3.12. The molecule has 0 unspecified atom stereocenters. The Labute approximate surface area is 162 Å². The molecule has 1 aromatic carbocycles. The Morgan fingerprint density at radius 2 is 1.75 bits per heavy atom. The highest BCUT2D eigenvalue weighted by Gasteiger charge is 2.34. The number of benzene rings is 1. The minimum absolute atomic E-state index is 0.0116. The molecule has 1 amide bonds. The van der Waals surface area contributed by atoms with E-state index in [1.807, 2.05) is 40.7 Å². The quantitative estimate of drug-likeness (QED) is 0.677. The van der Waals surface area contributed by atoms with E-state index in [9.17, 15) is 4.79 Å². The van der Waals surface area contributed by atoms with Crippen molar-refractivity contribution in [1.82, 2.24) is 24.6 Å². The second-order valence-corrected chi connectivity index (χ2v) is 6.67. The molecule has 0 N–H and O–H groups in total. The van der Waals surface area contributed by atoms with Gasteiger partial charge < -0.3 is 14.4 Å². The average Bonchev–Trinajstić information content (AvgIpc) is 3.15. The van der Waals surface area contributed by atoms with Gasteiger partial charge in [-0.25, -0.2) is 0 Å². The number of hydrogen-bond acceptors (Lipinski definition) is 6. The van der Waals surface area contributed by atoms with Gasteiger partial charge in [0.15, 0.2) is 5.82 Å². The van der Waals surface area contributed by atoms with Gasteiger partial charge in [0.2, 0.25) is 5.82 Å². The third kappa shape index (κ3) is 3.17. The molecule has 3 aromatic rings.